The molecule has 0 bridgehead atoms. The van der Waals surface area contributed by atoms with E-state index < -0.39 is 0 Å². The molecule has 20 heavy (non-hydrogen) atoms. The van der Waals surface area contributed by atoms with Crippen molar-refractivity contribution in [2.45, 2.75) is 26.2 Å². The number of benzene rings is 1. The van der Waals surface area contributed by atoms with Crippen LogP contribution in [0.1, 0.15) is 25.1 Å². The molecule has 1 aliphatic rings. The van der Waals surface area contributed by atoms with E-state index in [1.807, 2.05) is 25.1 Å². The van der Waals surface area contributed by atoms with Crippen molar-refractivity contribution < 1.29 is 4.79 Å². The molecule has 1 fully saturated rings. The minimum Gasteiger partial charge on any atom is -0.342 e. The highest BCUT2D eigenvalue weighted by Crippen LogP contribution is 2.18. The second-order valence-corrected chi connectivity index (χ2v) is 5.50. The molecule has 2 aromatic rings. The van der Waals surface area contributed by atoms with E-state index in [0.717, 1.165) is 42.1 Å². The number of fused-ring (bicyclic) bond motifs is 1. The number of carbonyl (C=O) groups is 1. The lowest BCUT2D eigenvalue weighted by Crippen LogP contribution is -2.14. The molecule has 3 rings (SSSR count). The molecule has 106 valence electrons. The zero-order valence-electron chi connectivity index (χ0n) is 11.7. The molecule has 1 aromatic heterocycles. The number of amides is 1. The van der Waals surface area contributed by atoms with Crippen molar-refractivity contribution in [2.75, 3.05) is 18.4 Å². The number of aryl methyl sites for hydroxylation is 1. The van der Waals surface area contributed by atoms with Crippen molar-refractivity contribution in [2.24, 2.45) is 5.92 Å². The third kappa shape index (κ3) is 2.99. The third-order valence-corrected chi connectivity index (χ3v) is 3.83. The summed E-state index contributed by atoms with van der Waals surface area (Å²) < 4.78 is 0. The second kappa shape index (κ2) is 5.63. The van der Waals surface area contributed by atoms with Crippen molar-refractivity contribution in [3.05, 3.63) is 24.0 Å². The second-order valence-electron chi connectivity index (χ2n) is 5.50. The summed E-state index contributed by atoms with van der Waals surface area (Å²) in [5.41, 5.74) is 2.72. The normalized spacial score (nSPS) is 18.6. The van der Waals surface area contributed by atoms with Crippen LogP contribution in [0.5, 0.6) is 0 Å². The first kappa shape index (κ1) is 13.1. The molecule has 1 unspecified atom stereocenters. The van der Waals surface area contributed by atoms with Crippen molar-refractivity contribution in [1.82, 2.24) is 15.3 Å². The topological polar surface area (TPSA) is 69.8 Å². The largest absolute Gasteiger partial charge is 0.342 e. The van der Waals surface area contributed by atoms with Crippen LogP contribution in [-0.2, 0) is 4.79 Å². The smallest absolute Gasteiger partial charge is 0.224 e. The summed E-state index contributed by atoms with van der Waals surface area (Å²) in [6, 6.07) is 5.76. The number of hydrogen-bond donors (Lipinski definition) is 3. The van der Waals surface area contributed by atoms with E-state index in [0.29, 0.717) is 12.3 Å². The molecular formula is C15H20N4O. The number of rotatable bonds is 4. The molecule has 1 amide bonds. The minimum atomic E-state index is 0.0903. The predicted octanol–water partition coefficient (Wildman–Crippen LogP) is 2.20. The van der Waals surface area contributed by atoms with Gasteiger partial charge >= 0.3 is 0 Å². The highest BCUT2D eigenvalue weighted by molar-refractivity contribution is 5.93. The molecule has 1 aromatic carbocycles. The zero-order valence-corrected chi connectivity index (χ0v) is 11.7. The van der Waals surface area contributed by atoms with E-state index in [2.05, 4.69) is 20.6 Å². The van der Waals surface area contributed by atoms with Gasteiger partial charge in [-0.3, -0.25) is 4.79 Å². The number of aromatic nitrogens is 2. The van der Waals surface area contributed by atoms with Crippen LogP contribution in [-0.4, -0.2) is 29.0 Å². The van der Waals surface area contributed by atoms with Crippen molar-refractivity contribution in [3.8, 4) is 0 Å². The molecule has 5 heteroatoms. The van der Waals surface area contributed by atoms with Crippen LogP contribution in [0, 0.1) is 12.8 Å². The fraction of sp³-hybridized carbons (Fsp3) is 0.467. The molecule has 1 saturated heterocycles. The lowest BCUT2D eigenvalue weighted by Gasteiger charge is -2.08. The van der Waals surface area contributed by atoms with Gasteiger partial charge in [0, 0.05) is 12.1 Å². The number of imidazole rings is 1. The van der Waals surface area contributed by atoms with Crippen molar-refractivity contribution >= 4 is 22.6 Å². The molecule has 3 N–H and O–H groups in total. The summed E-state index contributed by atoms with van der Waals surface area (Å²) in [6.07, 6.45) is 2.74. The fourth-order valence-corrected chi connectivity index (χ4v) is 2.73. The minimum absolute atomic E-state index is 0.0903. The standard InChI is InChI=1S/C15H20N4O/c1-10-17-13-4-3-12(8-14(13)18-10)19-15(20)5-2-11-6-7-16-9-11/h3-4,8,11,16H,2,5-7,9H2,1H3,(H,17,18)(H,19,20). The number of nitrogens with zero attached hydrogens (tertiary/aromatic N) is 1. The van der Waals surface area contributed by atoms with E-state index in [-0.39, 0.29) is 5.91 Å². The molecule has 2 heterocycles. The average Bonchev–Trinajstić information content (AvgIpc) is 3.04. The molecule has 5 nitrogen and oxygen atoms in total. The van der Waals surface area contributed by atoms with Crippen LogP contribution in [0.3, 0.4) is 0 Å². The lowest BCUT2D eigenvalue weighted by atomic mass is 10.0. The van der Waals surface area contributed by atoms with Gasteiger partial charge in [-0.25, -0.2) is 4.98 Å². The van der Waals surface area contributed by atoms with Gasteiger partial charge in [0.2, 0.25) is 5.91 Å². The van der Waals surface area contributed by atoms with Crippen LogP contribution in [0.15, 0.2) is 18.2 Å². The Kier molecular flexibility index (Phi) is 3.69. The fourth-order valence-electron chi connectivity index (χ4n) is 2.73. The van der Waals surface area contributed by atoms with Crippen molar-refractivity contribution in [1.29, 1.82) is 0 Å². The quantitative estimate of drug-likeness (QED) is 0.799. The number of carbonyl (C=O) groups excluding carboxylic acids is 1. The van der Waals surface area contributed by atoms with Gasteiger partial charge in [0.25, 0.3) is 0 Å². The van der Waals surface area contributed by atoms with Crippen LogP contribution in [0.4, 0.5) is 5.69 Å². The molecule has 0 spiro atoms. The molecule has 0 radical (unpaired) electrons. The van der Waals surface area contributed by atoms with E-state index in [1.165, 1.54) is 6.42 Å². The Morgan fingerprint density at radius 1 is 1.50 bits per heavy atom. The summed E-state index contributed by atoms with van der Waals surface area (Å²) in [5, 5.41) is 6.29. The summed E-state index contributed by atoms with van der Waals surface area (Å²) in [4.78, 5) is 19.5. The van der Waals surface area contributed by atoms with E-state index in [4.69, 9.17) is 0 Å². The lowest BCUT2D eigenvalue weighted by molar-refractivity contribution is -0.116. The first-order chi connectivity index (χ1) is 9.70. The highest BCUT2D eigenvalue weighted by atomic mass is 16.1. The van der Waals surface area contributed by atoms with Gasteiger partial charge in [-0.05, 0) is 57.0 Å². The van der Waals surface area contributed by atoms with Gasteiger partial charge in [-0.2, -0.15) is 0 Å². The summed E-state index contributed by atoms with van der Waals surface area (Å²) >= 11 is 0. The summed E-state index contributed by atoms with van der Waals surface area (Å²) in [6.45, 7) is 4.06. The van der Waals surface area contributed by atoms with E-state index >= 15 is 0 Å². The van der Waals surface area contributed by atoms with E-state index in [1.54, 1.807) is 0 Å². The highest BCUT2D eigenvalue weighted by Gasteiger charge is 2.15. The molecule has 0 aliphatic carbocycles. The predicted molar refractivity (Wildman–Crippen MR) is 79.7 cm³/mol. The number of aromatic amines is 1. The molecular weight excluding hydrogens is 252 g/mol. The maximum absolute atomic E-state index is 12.0. The van der Waals surface area contributed by atoms with Gasteiger partial charge in [-0.1, -0.05) is 0 Å². The Balaban J connectivity index is 1.58. The van der Waals surface area contributed by atoms with Crippen LogP contribution < -0.4 is 10.6 Å². The number of H-pyrrole nitrogens is 1. The average molecular weight is 272 g/mol. The number of anilines is 1. The van der Waals surface area contributed by atoms with E-state index in [9.17, 15) is 4.79 Å². The van der Waals surface area contributed by atoms with Gasteiger partial charge < -0.3 is 15.6 Å². The molecule has 1 aliphatic heterocycles. The van der Waals surface area contributed by atoms with Crippen LogP contribution in [0.25, 0.3) is 11.0 Å². The van der Waals surface area contributed by atoms with Gasteiger partial charge in [0.05, 0.1) is 11.0 Å². The maximum atomic E-state index is 12.0. The summed E-state index contributed by atoms with van der Waals surface area (Å²) in [7, 11) is 0. The SMILES string of the molecule is Cc1nc2ccc(NC(=O)CCC3CCNC3)cc2[nH]1. The van der Waals surface area contributed by atoms with Gasteiger partial charge in [-0.15, -0.1) is 0 Å². The van der Waals surface area contributed by atoms with Crippen LogP contribution in [0.2, 0.25) is 0 Å². The molecule has 1 atom stereocenters. The Morgan fingerprint density at radius 2 is 2.40 bits per heavy atom. The number of nitrogens with one attached hydrogen (secondary N) is 3. The van der Waals surface area contributed by atoms with Gasteiger partial charge in [0.15, 0.2) is 0 Å². The van der Waals surface area contributed by atoms with Crippen molar-refractivity contribution in [3.63, 3.8) is 0 Å². The third-order valence-electron chi connectivity index (χ3n) is 3.83. The first-order valence-corrected chi connectivity index (χ1v) is 7.17. The van der Waals surface area contributed by atoms with Crippen LogP contribution >= 0.6 is 0 Å². The maximum Gasteiger partial charge on any atom is 0.224 e. The zero-order chi connectivity index (χ0) is 13.9. The Morgan fingerprint density at radius 3 is 3.20 bits per heavy atom. The Labute approximate surface area is 118 Å². The molecule has 0 saturated carbocycles. The monoisotopic (exact) mass is 272 g/mol. The van der Waals surface area contributed by atoms with Gasteiger partial charge in [0.1, 0.15) is 5.82 Å². The number of hydrogen-bond acceptors (Lipinski definition) is 3. The Bertz CT molecular complexity index is 613. The first-order valence-electron chi connectivity index (χ1n) is 7.17. The summed E-state index contributed by atoms with van der Waals surface area (Å²) in [5.74, 6) is 1.63. The Hall–Kier alpha value is -1.88.